The summed E-state index contributed by atoms with van der Waals surface area (Å²) in [6.07, 6.45) is 3.56. The Labute approximate surface area is 122 Å². The zero-order chi connectivity index (χ0) is 15.2. The van der Waals surface area contributed by atoms with Crippen LogP contribution < -0.4 is 15.0 Å². The maximum Gasteiger partial charge on any atom is 0.305 e. The molecule has 1 aliphatic heterocycles. The van der Waals surface area contributed by atoms with Crippen LogP contribution in [0.1, 0.15) is 19.8 Å². The molecule has 1 amide bonds. The molecule has 1 saturated heterocycles. The molecule has 1 atom stereocenters. The highest BCUT2D eigenvalue weighted by molar-refractivity contribution is 5.90. The Balaban J connectivity index is 2.20. The summed E-state index contributed by atoms with van der Waals surface area (Å²) in [5.41, 5.74) is 0. The third-order valence-corrected chi connectivity index (χ3v) is 3.05. The monoisotopic (exact) mass is 294 g/mol. The summed E-state index contributed by atoms with van der Waals surface area (Å²) in [6.45, 7) is 3.43. The van der Waals surface area contributed by atoms with E-state index >= 15 is 0 Å². The average molecular weight is 294 g/mol. The minimum Gasteiger partial charge on any atom is -0.481 e. The first-order valence-electron chi connectivity index (χ1n) is 6.82. The molecule has 8 nitrogen and oxygen atoms in total. The van der Waals surface area contributed by atoms with Crippen LogP contribution in [-0.4, -0.2) is 52.7 Å². The number of anilines is 1. The predicted octanol–water partition coefficient (Wildman–Crippen LogP) is 0.0449. The van der Waals surface area contributed by atoms with Crippen LogP contribution in [0.2, 0.25) is 0 Å². The van der Waals surface area contributed by atoms with Crippen LogP contribution in [0, 0.1) is 0 Å². The van der Waals surface area contributed by atoms with Gasteiger partial charge in [0, 0.05) is 13.1 Å². The molecule has 2 rings (SSSR count). The van der Waals surface area contributed by atoms with E-state index in [-0.39, 0.29) is 12.3 Å². The van der Waals surface area contributed by atoms with Crippen LogP contribution in [0.5, 0.6) is 5.88 Å². The first-order valence-corrected chi connectivity index (χ1v) is 6.82. The highest BCUT2D eigenvalue weighted by Crippen LogP contribution is 2.20. The quantitative estimate of drug-likeness (QED) is 0.763. The summed E-state index contributed by atoms with van der Waals surface area (Å²) >= 11 is 0. The smallest absolute Gasteiger partial charge is 0.305 e. The molecule has 0 aromatic carbocycles. The van der Waals surface area contributed by atoms with Gasteiger partial charge >= 0.3 is 5.97 Å². The number of rotatable bonds is 6. The largest absolute Gasteiger partial charge is 0.481 e. The molecule has 1 aromatic rings. The number of nitrogens with zero attached hydrogens (tertiary/aromatic N) is 3. The highest BCUT2D eigenvalue weighted by atomic mass is 16.5. The third-order valence-electron chi connectivity index (χ3n) is 3.05. The fraction of sp³-hybridized carbons (Fsp3) is 0.538. The molecular formula is C13H18N4O4. The van der Waals surface area contributed by atoms with E-state index in [1.54, 1.807) is 4.90 Å². The zero-order valence-corrected chi connectivity index (χ0v) is 11.8. The Morgan fingerprint density at radius 2 is 2.38 bits per heavy atom. The first-order chi connectivity index (χ1) is 10.1. The molecule has 1 aromatic heterocycles. The van der Waals surface area contributed by atoms with Crippen molar-refractivity contribution in [3.05, 3.63) is 12.4 Å². The number of ether oxygens (including phenoxy) is 1. The van der Waals surface area contributed by atoms with Crippen molar-refractivity contribution in [2.75, 3.05) is 24.6 Å². The molecule has 1 fully saturated rings. The maximum absolute atomic E-state index is 11.9. The van der Waals surface area contributed by atoms with E-state index in [0.29, 0.717) is 31.4 Å². The highest BCUT2D eigenvalue weighted by Gasteiger charge is 2.32. The van der Waals surface area contributed by atoms with Crippen LogP contribution in [0.15, 0.2) is 12.4 Å². The number of hydrogen-bond acceptors (Lipinski definition) is 6. The van der Waals surface area contributed by atoms with Crippen molar-refractivity contribution in [2.24, 2.45) is 0 Å². The fourth-order valence-corrected chi connectivity index (χ4v) is 2.11. The molecule has 8 heteroatoms. The second-order valence-electron chi connectivity index (χ2n) is 4.66. The van der Waals surface area contributed by atoms with Crippen LogP contribution in [-0.2, 0) is 9.59 Å². The lowest BCUT2D eigenvalue weighted by molar-refractivity contribution is -0.139. The van der Waals surface area contributed by atoms with E-state index in [0.717, 1.165) is 6.42 Å². The Bertz CT molecular complexity index is 523. The summed E-state index contributed by atoms with van der Waals surface area (Å²) in [4.78, 5) is 32.8. The van der Waals surface area contributed by atoms with Crippen LogP contribution >= 0.6 is 0 Å². The molecule has 2 heterocycles. The van der Waals surface area contributed by atoms with Gasteiger partial charge in [0.25, 0.3) is 0 Å². The fourth-order valence-electron chi connectivity index (χ4n) is 2.11. The molecule has 0 bridgehead atoms. The summed E-state index contributed by atoms with van der Waals surface area (Å²) < 4.78 is 5.41. The van der Waals surface area contributed by atoms with Gasteiger partial charge in [-0.2, -0.15) is 4.98 Å². The number of aromatic nitrogens is 2. The standard InChI is InChI=1S/C13H18N4O4/c1-2-5-21-11-8-14-7-10(16-11)17-4-3-15-13(20)9(17)6-12(18)19/h7-9H,2-6H2,1H3,(H,15,20)(H,18,19). The van der Waals surface area contributed by atoms with Gasteiger partial charge in [0.15, 0.2) is 5.82 Å². The van der Waals surface area contributed by atoms with Crippen molar-refractivity contribution in [1.29, 1.82) is 0 Å². The van der Waals surface area contributed by atoms with Gasteiger partial charge in [0.05, 0.1) is 25.4 Å². The second-order valence-corrected chi connectivity index (χ2v) is 4.66. The van der Waals surface area contributed by atoms with Gasteiger partial charge in [0.1, 0.15) is 6.04 Å². The predicted molar refractivity (Wildman–Crippen MR) is 74.2 cm³/mol. The Kier molecular flexibility index (Phi) is 4.91. The summed E-state index contributed by atoms with van der Waals surface area (Å²) in [6, 6.07) is -0.785. The van der Waals surface area contributed by atoms with Gasteiger partial charge in [-0.1, -0.05) is 6.92 Å². The minimum atomic E-state index is -1.03. The number of carboxylic acids is 1. The number of aliphatic carboxylic acids is 1. The van der Waals surface area contributed by atoms with E-state index < -0.39 is 12.0 Å². The van der Waals surface area contributed by atoms with Crippen molar-refractivity contribution < 1.29 is 19.4 Å². The molecule has 0 spiro atoms. The van der Waals surface area contributed by atoms with Crippen molar-refractivity contribution in [3.8, 4) is 5.88 Å². The lowest BCUT2D eigenvalue weighted by Gasteiger charge is -2.34. The SMILES string of the molecule is CCCOc1cncc(N2CCNC(=O)C2CC(=O)O)n1. The van der Waals surface area contributed by atoms with Crippen LogP contribution in [0.3, 0.4) is 0 Å². The Morgan fingerprint density at radius 3 is 3.10 bits per heavy atom. The van der Waals surface area contributed by atoms with Crippen LogP contribution in [0.25, 0.3) is 0 Å². The van der Waals surface area contributed by atoms with E-state index in [2.05, 4.69) is 15.3 Å². The van der Waals surface area contributed by atoms with E-state index in [9.17, 15) is 9.59 Å². The van der Waals surface area contributed by atoms with E-state index in [4.69, 9.17) is 9.84 Å². The second kappa shape index (κ2) is 6.87. The molecule has 0 saturated carbocycles. The molecule has 1 unspecified atom stereocenters. The molecule has 114 valence electrons. The summed E-state index contributed by atoms with van der Waals surface area (Å²) in [7, 11) is 0. The van der Waals surface area contributed by atoms with Gasteiger partial charge in [-0.3, -0.25) is 14.6 Å². The van der Waals surface area contributed by atoms with Gasteiger partial charge in [0.2, 0.25) is 11.8 Å². The van der Waals surface area contributed by atoms with Gasteiger partial charge < -0.3 is 20.1 Å². The van der Waals surface area contributed by atoms with Crippen molar-refractivity contribution >= 4 is 17.7 Å². The van der Waals surface area contributed by atoms with Crippen molar-refractivity contribution in [2.45, 2.75) is 25.8 Å². The normalized spacial score (nSPS) is 18.2. The number of hydrogen-bond donors (Lipinski definition) is 2. The Hall–Kier alpha value is -2.38. The zero-order valence-electron chi connectivity index (χ0n) is 11.8. The Morgan fingerprint density at radius 1 is 1.57 bits per heavy atom. The summed E-state index contributed by atoms with van der Waals surface area (Å²) in [5, 5.41) is 11.6. The maximum atomic E-state index is 11.9. The molecule has 0 radical (unpaired) electrons. The minimum absolute atomic E-state index is 0.284. The molecular weight excluding hydrogens is 276 g/mol. The number of amides is 1. The molecule has 1 aliphatic rings. The van der Waals surface area contributed by atoms with Crippen molar-refractivity contribution in [1.82, 2.24) is 15.3 Å². The summed E-state index contributed by atoms with van der Waals surface area (Å²) in [5.74, 6) is -0.530. The van der Waals surface area contributed by atoms with Gasteiger partial charge in [-0.05, 0) is 6.42 Å². The first kappa shape index (κ1) is 15.0. The molecule has 2 N–H and O–H groups in total. The number of carbonyl (C=O) groups excluding carboxylic acids is 1. The number of piperazine rings is 1. The lowest BCUT2D eigenvalue weighted by Crippen LogP contribution is -2.56. The van der Waals surface area contributed by atoms with Crippen molar-refractivity contribution in [3.63, 3.8) is 0 Å². The number of carbonyl (C=O) groups is 2. The number of carboxylic acid groups (broad SMARTS) is 1. The van der Waals surface area contributed by atoms with Gasteiger partial charge in [-0.15, -0.1) is 0 Å². The van der Waals surface area contributed by atoms with Gasteiger partial charge in [-0.25, -0.2) is 0 Å². The molecule has 0 aliphatic carbocycles. The van der Waals surface area contributed by atoms with E-state index in [1.807, 2.05) is 6.92 Å². The topological polar surface area (TPSA) is 105 Å². The van der Waals surface area contributed by atoms with Crippen LogP contribution in [0.4, 0.5) is 5.82 Å². The average Bonchev–Trinajstić information content (AvgIpc) is 2.47. The third kappa shape index (κ3) is 3.80. The van der Waals surface area contributed by atoms with E-state index in [1.165, 1.54) is 12.4 Å². The molecule has 21 heavy (non-hydrogen) atoms. The number of nitrogens with one attached hydrogen (secondary N) is 1. The lowest BCUT2D eigenvalue weighted by atomic mass is 10.1.